The molecule has 2 heterocycles. The summed E-state index contributed by atoms with van der Waals surface area (Å²) >= 11 is 7.65. The van der Waals surface area contributed by atoms with Gasteiger partial charge in [0.25, 0.3) is 0 Å². The molecule has 0 aliphatic carbocycles. The Kier molecular flexibility index (Phi) is 3.94. The number of nitrogens with two attached hydrogens (primary N) is 1. The van der Waals surface area contributed by atoms with E-state index in [9.17, 15) is 0 Å². The first-order valence-electron chi connectivity index (χ1n) is 6.70. The molecule has 0 spiro atoms. The van der Waals surface area contributed by atoms with Crippen molar-refractivity contribution in [2.45, 2.75) is 19.9 Å². The monoisotopic (exact) mass is 318 g/mol. The molecule has 1 aromatic carbocycles. The van der Waals surface area contributed by atoms with Crippen molar-refractivity contribution in [3.8, 4) is 0 Å². The quantitative estimate of drug-likeness (QED) is 0.760. The number of halogens is 1. The van der Waals surface area contributed by atoms with Gasteiger partial charge in [-0.1, -0.05) is 30.7 Å². The first-order chi connectivity index (χ1) is 10.2. The van der Waals surface area contributed by atoms with Crippen LogP contribution < -0.4 is 11.1 Å². The fraction of sp³-hybridized carbons (Fsp3) is 0.200. The van der Waals surface area contributed by atoms with E-state index in [4.69, 9.17) is 17.3 Å². The first-order valence-corrected chi connectivity index (χ1v) is 7.89. The second-order valence-corrected chi connectivity index (χ2v) is 6.25. The summed E-state index contributed by atoms with van der Waals surface area (Å²) < 4.78 is 0. The molecule has 2 aromatic heterocycles. The average Bonchev–Trinajstić information content (AvgIpc) is 2.87. The molecule has 0 radical (unpaired) electrons. The number of aryl methyl sites for hydroxylation is 1. The van der Waals surface area contributed by atoms with E-state index in [-0.39, 0.29) is 0 Å². The summed E-state index contributed by atoms with van der Waals surface area (Å²) in [6, 6.07) is 9.87. The van der Waals surface area contributed by atoms with E-state index in [0.29, 0.717) is 12.5 Å². The summed E-state index contributed by atoms with van der Waals surface area (Å²) in [6.45, 7) is 2.77. The molecule has 3 rings (SSSR count). The third-order valence-electron chi connectivity index (χ3n) is 3.16. The second-order valence-electron chi connectivity index (χ2n) is 4.70. The maximum atomic E-state index is 6.00. The minimum Gasteiger partial charge on any atom is -0.368 e. The van der Waals surface area contributed by atoms with Gasteiger partial charge in [-0.15, -0.1) is 11.3 Å². The molecule has 4 nitrogen and oxygen atoms in total. The minimum atomic E-state index is 0.292. The molecule has 0 aliphatic heterocycles. The molecular weight excluding hydrogens is 304 g/mol. The van der Waals surface area contributed by atoms with E-state index < -0.39 is 0 Å². The number of benzene rings is 1. The van der Waals surface area contributed by atoms with Crippen LogP contribution >= 0.6 is 22.9 Å². The van der Waals surface area contributed by atoms with Crippen LogP contribution in [0.5, 0.6) is 0 Å². The summed E-state index contributed by atoms with van der Waals surface area (Å²) in [5, 5.41) is 5.07. The minimum absolute atomic E-state index is 0.292. The van der Waals surface area contributed by atoms with Crippen molar-refractivity contribution in [2.24, 2.45) is 0 Å². The van der Waals surface area contributed by atoms with Crippen molar-refractivity contribution in [3.63, 3.8) is 0 Å². The highest BCUT2D eigenvalue weighted by Gasteiger charge is 2.10. The molecule has 0 unspecified atom stereocenters. The molecule has 108 valence electrons. The highest BCUT2D eigenvalue weighted by Crippen LogP contribution is 2.30. The van der Waals surface area contributed by atoms with Crippen LogP contribution in [-0.4, -0.2) is 9.97 Å². The summed E-state index contributed by atoms with van der Waals surface area (Å²) in [4.78, 5) is 10.8. The highest BCUT2D eigenvalue weighted by molar-refractivity contribution is 7.18. The lowest BCUT2D eigenvalue weighted by molar-refractivity contribution is 1.11. The first kappa shape index (κ1) is 14.1. The van der Waals surface area contributed by atoms with Crippen molar-refractivity contribution in [1.82, 2.24) is 9.97 Å². The normalized spacial score (nSPS) is 11.0. The number of thiophene rings is 1. The number of hydrogen-bond donors (Lipinski definition) is 2. The van der Waals surface area contributed by atoms with Gasteiger partial charge in [0, 0.05) is 16.4 Å². The molecule has 0 fully saturated rings. The van der Waals surface area contributed by atoms with E-state index in [2.05, 4.69) is 28.3 Å². The van der Waals surface area contributed by atoms with Crippen LogP contribution in [0.3, 0.4) is 0 Å². The number of nitrogen functional groups attached to an aromatic ring is 1. The van der Waals surface area contributed by atoms with Crippen LogP contribution in [0, 0.1) is 0 Å². The van der Waals surface area contributed by atoms with Crippen LogP contribution in [-0.2, 0) is 13.0 Å². The Morgan fingerprint density at radius 2 is 2.14 bits per heavy atom. The Balaban J connectivity index is 1.90. The number of rotatable bonds is 4. The number of hydrogen-bond acceptors (Lipinski definition) is 5. The predicted octanol–water partition coefficient (Wildman–Crippen LogP) is 4.10. The topological polar surface area (TPSA) is 63.8 Å². The molecule has 0 amide bonds. The van der Waals surface area contributed by atoms with Gasteiger partial charge in [-0.25, -0.2) is 4.98 Å². The second kappa shape index (κ2) is 5.87. The zero-order valence-corrected chi connectivity index (χ0v) is 13.1. The molecule has 6 heteroatoms. The Hall–Kier alpha value is -1.85. The number of fused-ring (bicyclic) bond motifs is 1. The van der Waals surface area contributed by atoms with E-state index >= 15 is 0 Å². The maximum absolute atomic E-state index is 6.00. The summed E-state index contributed by atoms with van der Waals surface area (Å²) in [5.41, 5.74) is 6.89. The fourth-order valence-corrected chi connectivity index (χ4v) is 3.32. The van der Waals surface area contributed by atoms with Gasteiger partial charge < -0.3 is 11.1 Å². The van der Waals surface area contributed by atoms with Gasteiger partial charge in [0.05, 0.1) is 5.39 Å². The molecule has 0 bridgehead atoms. The molecule has 0 aliphatic rings. The zero-order valence-electron chi connectivity index (χ0n) is 11.6. The van der Waals surface area contributed by atoms with Gasteiger partial charge in [0.15, 0.2) is 0 Å². The predicted molar refractivity (Wildman–Crippen MR) is 90.0 cm³/mol. The van der Waals surface area contributed by atoms with Gasteiger partial charge in [-0.3, -0.25) is 0 Å². The standard InChI is InChI=1S/C15H15ClN4S/c1-2-11-7-12-13(19-15(17)20-14(12)21-11)18-8-9-4-3-5-10(16)6-9/h3-7H,2,8H2,1H3,(H3,17,18,19,20). The van der Waals surface area contributed by atoms with Gasteiger partial charge in [0.2, 0.25) is 5.95 Å². The molecular formula is C15H15ClN4S. The van der Waals surface area contributed by atoms with Gasteiger partial charge in [-0.2, -0.15) is 4.98 Å². The van der Waals surface area contributed by atoms with Crippen molar-refractivity contribution in [2.75, 3.05) is 11.1 Å². The van der Waals surface area contributed by atoms with Crippen molar-refractivity contribution >= 4 is 44.9 Å². The summed E-state index contributed by atoms with van der Waals surface area (Å²) in [5.74, 6) is 1.06. The van der Waals surface area contributed by atoms with Crippen molar-refractivity contribution in [3.05, 3.63) is 45.8 Å². The van der Waals surface area contributed by atoms with Crippen LogP contribution in [0.1, 0.15) is 17.4 Å². The SMILES string of the molecule is CCc1cc2c(NCc3cccc(Cl)c3)nc(N)nc2s1. The molecule has 0 atom stereocenters. The Bertz CT molecular complexity index is 784. The summed E-state index contributed by atoms with van der Waals surface area (Å²) in [7, 11) is 0. The maximum Gasteiger partial charge on any atom is 0.223 e. The molecule has 0 saturated heterocycles. The Morgan fingerprint density at radius 3 is 2.90 bits per heavy atom. The smallest absolute Gasteiger partial charge is 0.223 e. The lowest BCUT2D eigenvalue weighted by Gasteiger charge is -2.07. The van der Waals surface area contributed by atoms with Crippen LogP contribution in [0.25, 0.3) is 10.2 Å². The van der Waals surface area contributed by atoms with Crippen LogP contribution in [0.4, 0.5) is 11.8 Å². The van der Waals surface area contributed by atoms with Gasteiger partial charge in [-0.05, 0) is 30.2 Å². The largest absolute Gasteiger partial charge is 0.368 e. The zero-order chi connectivity index (χ0) is 14.8. The fourth-order valence-electron chi connectivity index (χ4n) is 2.13. The van der Waals surface area contributed by atoms with E-state index in [1.54, 1.807) is 11.3 Å². The molecule has 3 aromatic rings. The molecule has 3 N–H and O–H groups in total. The van der Waals surface area contributed by atoms with Crippen molar-refractivity contribution < 1.29 is 0 Å². The highest BCUT2D eigenvalue weighted by atomic mass is 35.5. The number of nitrogens with zero attached hydrogens (tertiary/aromatic N) is 2. The summed E-state index contributed by atoms with van der Waals surface area (Å²) in [6.07, 6.45) is 0.981. The number of aromatic nitrogens is 2. The lowest BCUT2D eigenvalue weighted by Crippen LogP contribution is -2.04. The van der Waals surface area contributed by atoms with E-state index in [1.165, 1.54) is 4.88 Å². The van der Waals surface area contributed by atoms with Crippen LogP contribution in [0.15, 0.2) is 30.3 Å². The van der Waals surface area contributed by atoms with Gasteiger partial charge in [0.1, 0.15) is 10.6 Å². The molecule has 0 saturated carbocycles. The number of nitrogens with one attached hydrogen (secondary N) is 1. The Labute approximate surface area is 132 Å². The Morgan fingerprint density at radius 1 is 1.29 bits per heavy atom. The average molecular weight is 319 g/mol. The third kappa shape index (κ3) is 3.09. The third-order valence-corrected chi connectivity index (χ3v) is 4.57. The van der Waals surface area contributed by atoms with Crippen LogP contribution in [0.2, 0.25) is 5.02 Å². The lowest BCUT2D eigenvalue weighted by atomic mass is 10.2. The van der Waals surface area contributed by atoms with Gasteiger partial charge >= 0.3 is 0 Å². The van der Waals surface area contributed by atoms with E-state index in [0.717, 1.165) is 33.0 Å². The van der Waals surface area contributed by atoms with E-state index in [1.807, 2.05) is 24.3 Å². The molecule has 21 heavy (non-hydrogen) atoms. The number of anilines is 2. The van der Waals surface area contributed by atoms with Crippen molar-refractivity contribution in [1.29, 1.82) is 0 Å².